The lowest BCUT2D eigenvalue weighted by molar-refractivity contribution is -0.235. The number of hydrogen-bond donors (Lipinski definition) is 0. The largest absolute Gasteiger partial charge is 0.427 e. The maximum absolute atomic E-state index is 12.8. The van der Waals surface area contributed by atoms with Gasteiger partial charge in [-0.3, -0.25) is 4.90 Å². The van der Waals surface area contributed by atoms with Gasteiger partial charge in [-0.1, -0.05) is 20.8 Å². The van der Waals surface area contributed by atoms with E-state index in [2.05, 4.69) is 0 Å². The Bertz CT molecular complexity index is 196. The molecule has 0 aliphatic heterocycles. The first-order valence-corrected chi connectivity index (χ1v) is 8.16. The summed E-state index contributed by atoms with van der Waals surface area (Å²) in [5, 5.41) is 0. The lowest BCUT2D eigenvalue weighted by atomic mass is 10.5. The van der Waals surface area contributed by atoms with Crippen LogP contribution in [0.4, 0.5) is 13.2 Å². The molecule has 0 fully saturated rings. The van der Waals surface area contributed by atoms with E-state index < -0.39 is 20.7 Å². The Morgan fingerprint density at radius 1 is 1.06 bits per heavy atom. The monoisotopic (exact) mass is 257 g/mol. The minimum absolute atomic E-state index is 0.723. The second kappa shape index (κ2) is 6.02. The van der Waals surface area contributed by atoms with Crippen molar-refractivity contribution in [3.8, 4) is 0 Å². The molecule has 0 aromatic heterocycles. The van der Waals surface area contributed by atoms with E-state index >= 15 is 0 Å². The zero-order chi connectivity index (χ0) is 13.0. The number of nitrogens with zero attached hydrogens (tertiary/aromatic N) is 1. The Kier molecular flexibility index (Phi) is 5.99. The van der Waals surface area contributed by atoms with E-state index in [-0.39, 0.29) is 0 Å². The number of hydrogen-bond acceptors (Lipinski definition) is 2. The maximum Gasteiger partial charge on any atom is 0.427 e. The lowest BCUT2D eigenvalue weighted by Crippen LogP contribution is -2.51. The van der Waals surface area contributed by atoms with Crippen LogP contribution in [0.25, 0.3) is 0 Å². The fourth-order valence-electron chi connectivity index (χ4n) is 1.70. The van der Waals surface area contributed by atoms with Gasteiger partial charge in [-0.15, -0.1) is 0 Å². The van der Waals surface area contributed by atoms with Gasteiger partial charge in [-0.05, 0) is 32.2 Å². The highest BCUT2D eigenvalue weighted by Crippen LogP contribution is 2.31. The molecule has 0 radical (unpaired) electrons. The van der Waals surface area contributed by atoms with Gasteiger partial charge in [-0.2, -0.15) is 13.2 Å². The van der Waals surface area contributed by atoms with Crippen LogP contribution < -0.4 is 0 Å². The zero-order valence-electron chi connectivity index (χ0n) is 10.7. The molecular weight excluding hydrogens is 235 g/mol. The van der Waals surface area contributed by atoms with Gasteiger partial charge in [0.15, 0.2) is 14.5 Å². The van der Waals surface area contributed by atoms with E-state index in [9.17, 15) is 13.2 Å². The van der Waals surface area contributed by atoms with Gasteiger partial charge in [-0.25, -0.2) is 0 Å². The summed E-state index contributed by atoms with van der Waals surface area (Å²) in [7, 11) is 0.587. The Hall–Kier alpha value is -0.0731. The quantitative estimate of drug-likeness (QED) is 0.534. The summed E-state index contributed by atoms with van der Waals surface area (Å²) >= 11 is 0. The van der Waals surface area contributed by atoms with Gasteiger partial charge in [0.05, 0.1) is 0 Å². The van der Waals surface area contributed by atoms with Crippen molar-refractivity contribution >= 4 is 8.32 Å². The molecule has 0 bridgehead atoms. The average molecular weight is 257 g/mol. The van der Waals surface area contributed by atoms with Crippen molar-refractivity contribution in [2.75, 3.05) is 14.1 Å². The maximum atomic E-state index is 12.8. The Labute approximate surface area is 96.9 Å². The van der Waals surface area contributed by atoms with Crippen molar-refractivity contribution in [3.05, 3.63) is 0 Å². The molecule has 0 aromatic carbocycles. The fraction of sp³-hybridized carbons (Fsp3) is 1.00. The zero-order valence-corrected chi connectivity index (χ0v) is 11.7. The number of halogens is 3. The molecule has 0 aliphatic carbocycles. The molecule has 1 unspecified atom stereocenters. The van der Waals surface area contributed by atoms with Crippen LogP contribution in [-0.4, -0.2) is 39.7 Å². The van der Waals surface area contributed by atoms with Crippen LogP contribution in [-0.2, 0) is 4.43 Å². The highest BCUT2D eigenvalue weighted by atomic mass is 28.4. The fourth-order valence-corrected chi connectivity index (χ4v) is 4.52. The van der Waals surface area contributed by atoms with Crippen molar-refractivity contribution in [1.82, 2.24) is 4.90 Å². The van der Waals surface area contributed by atoms with Crippen molar-refractivity contribution < 1.29 is 17.6 Å². The molecule has 16 heavy (non-hydrogen) atoms. The summed E-state index contributed by atoms with van der Waals surface area (Å²) in [5.74, 6) is 0. The van der Waals surface area contributed by atoms with Gasteiger partial charge < -0.3 is 4.43 Å². The molecule has 0 aliphatic rings. The molecule has 6 heteroatoms. The smallest absolute Gasteiger partial charge is 0.394 e. The average Bonchev–Trinajstić information content (AvgIpc) is 2.18. The first kappa shape index (κ1) is 15.9. The molecule has 1 atom stereocenters. The van der Waals surface area contributed by atoms with E-state index in [0.29, 0.717) is 0 Å². The summed E-state index contributed by atoms with van der Waals surface area (Å²) in [6, 6.07) is 2.17. The summed E-state index contributed by atoms with van der Waals surface area (Å²) in [5.41, 5.74) is 0. The molecule has 0 rings (SSSR count). The molecule has 0 saturated heterocycles. The predicted octanol–water partition coefficient (Wildman–Crippen LogP) is 3.46. The first-order chi connectivity index (χ1) is 7.22. The number of alkyl halides is 3. The van der Waals surface area contributed by atoms with Crippen LogP contribution in [0.1, 0.15) is 20.8 Å². The number of rotatable bonds is 6. The molecule has 2 nitrogen and oxygen atoms in total. The minimum Gasteiger partial charge on any atom is -0.394 e. The molecule has 0 amide bonds. The Morgan fingerprint density at radius 3 is 1.62 bits per heavy atom. The van der Waals surface area contributed by atoms with E-state index in [1.807, 2.05) is 20.8 Å². The van der Waals surface area contributed by atoms with Crippen LogP contribution >= 0.6 is 0 Å². The second-order valence-electron chi connectivity index (χ2n) is 4.22. The van der Waals surface area contributed by atoms with Crippen LogP contribution in [0.2, 0.25) is 18.1 Å². The van der Waals surface area contributed by atoms with Crippen molar-refractivity contribution in [1.29, 1.82) is 0 Å². The standard InChI is InChI=1S/C10H22F3NOSi/c1-6-16(7-2,8-3)15-9(14(4)5)10(11,12)13/h9H,6-8H2,1-5H3. The summed E-state index contributed by atoms with van der Waals surface area (Å²) < 4.78 is 43.7. The topological polar surface area (TPSA) is 12.5 Å². The Balaban J connectivity index is 4.86. The van der Waals surface area contributed by atoms with Crippen molar-refractivity contribution in [2.24, 2.45) is 0 Å². The van der Waals surface area contributed by atoms with Crippen molar-refractivity contribution in [2.45, 2.75) is 51.3 Å². The lowest BCUT2D eigenvalue weighted by Gasteiger charge is -2.36. The third-order valence-corrected chi connectivity index (χ3v) is 7.63. The van der Waals surface area contributed by atoms with Gasteiger partial charge in [0.1, 0.15) is 0 Å². The van der Waals surface area contributed by atoms with Crippen LogP contribution in [0.5, 0.6) is 0 Å². The highest BCUT2D eigenvalue weighted by Gasteiger charge is 2.46. The molecule has 0 aromatic rings. The predicted molar refractivity (Wildman–Crippen MR) is 61.8 cm³/mol. The molecule has 0 N–H and O–H groups in total. The SMILES string of the molecule is CC[Si](CC)(CC)OC(N(C)C)C(F)(F)F. The van der Waals surface area contributed by atoms with E-state index in [1.54, 1.807) is 0 Å². The first-order valence-electron chi connectivity index (χ1n) is 5.63. The van der Waals surface area contributed by atoms with Crippen molar-refractivity contribution in [3.63, 3.8) is 0 Å². The van der Waals surface area contributed by atoms with Crippen LogP contribution in [0, 0.1) is 0 Å². The summed E-state index contributed by atoms with van der Waals surface area (Å²) in [4.78, 5) is 1.10. The van der Waals surface area contributed by atoms with Crippen LogP contribution in [0.15, 0.2) is 0 Å². The summed E-state index contributed by atoms with van der Waals surface area (Å²) in [6.07, 6.45) is -6.08. The minimum atomic E-state index is -4.32. The molecule has 0 spiro atoms. The Morgan fingerprint density at radius 2 is 1.44 bits per heavy atom. The highest BCUT2D eigenvalue weighted by molar-refractivity contribution is 6.73. The van der Waals surface area contributed by atoms with Gasteiger partial charge >= 0.3 is 6.18 Å². The molecular formula is C10H22F3NOSi. The van der Waals surface area contributed by atoms with E-state index in [4.69, 9.17) is 4.43 Å². The van der Waals surface area contributed by atoms with Gasteiger partial charge in [0, 0.05) is 0 Å². The third-order valence-electron chi connectivity index (χ3n) is 3.04. The van der Waals surface area contributed by atoms with E-state index in [0.717, 1.165) is 23.0 Å². The van der Waals surface area contributed by atoms with E-state index in [1.165, 1.54) is 14.1 Å². The summed E-state index contributed by atoms with van der Waals surface area (Å²) in [6.45, 7) is 5.76. The van der Waals surface area contributed by atoms with Crippen LogP contribution in [0.3, 0.4) is 0 Å². The molecule has 0 saturated carbocycles. The molecule has 0 heterocycles. The second-order valence-corrected chi connectivity index (χ2v) is 8.94. The normalized spacial score (nSPS) is 15.6. The third kappa shape index (κ3) is 4.07. The van der Waals surface area contributed by atoms with Gasteiger partial charge in [0.2, 0.25) is 0 Å². The van der Waals surface area contributed by atoms with Gasteiger partial charge in [0.25, 0.3) is 0 Å². The molecule has 98 valence electrons.